The largest absolute Gasteiger partial charge is 0.461 e. The van der Waals surface area contributed by atoms with Crippen LogP contribution in [0.5, 0.6) is 6.01 Å². The van der Waals surface area contributed by atoms with E-state index < -0.39 is 0 Å². The van der Waals surface area contributed by atoms with Gasteiger partial charge in [0.1, 0.15) is 24.5 Å². The molecule has 0 atom stereocenters. The second-order valence-electron chi connectivity index (χ2n) is 4.62. The Morgan fingerprint density at radius 1 is 1.29 bits per heavy atom. The lowest BCUT2D eigenvalue weighted by Gasteiger charge is -1.99. The lowest BCUT2D eigenvalue weighted by Crippen LogP contribution is -1.98. The Morgan fingerprint density at radius 3 is 2.81 bits per heavy atom. The van der Waals surface area contributed by atoms with Crippen molar-refractivity contribution in [1.82, 2.24) is 14.8 Å². The van der Waals surface area contributed by atoms with Crippen LogP contribution in [0.15, 0.2) is 47.1 Å². The summed E-state index contributed by atoms with van der Waals surface area (Å²) in [5, 5.41) is 4.26. The number of furan rings is 1. The van der Waals surface area contributed by atoms with Crippen molar-refractivity contribution in [3.8, 4) is 11.7 Å². The van der Waals surface area contributed by atoms with Crippen LogP contribution >= 0.6 is 0 Å². The minimum absolute atomic E-state index is 0.277. The number of nitrogens with zero attached hydrogens (tertiary/aromatic N) is 3. The molecule has 6 nitrogen and oxygen atoms in total. The number of aryl methyl sites for hydroxylation is 1. The predicted molar refractivity (Wildman–Crippen MR) is 77.0 cm³/mol. The van der Waals surface area contributed by atoms with Crippen molar-refractivity contribution in [1.29, 1.82) is 0 Å². The Balaban J connectivity index is 1.67. The van der Waals surface area contributed by atoms with Crippen LogP contribution in [0.1, 0.15) is 17.1 Å². The van der Waals surface area contributed by atoms with Crippen molar-refractivity contribution in [2.45, 2.75) is 20.1 Å². The molecule has 108 valence electrons. The lowest BCUT2D eigenvalue weighted by molar-refractivity contribution is 0.247. The summed E-state index contributed by atoms with van der Waals surface area (Å²) < 4.78 is 12.8. The van der Waals surface area contributed by atoms with Crippen molar-refractivity contribution in [2.75, 3.05) is 0 Å². The van der Waals surface area contributed by atoms with E-state index in [1.165, 1.54) is 0 Å². The van der Waals surface area contributed by atoms with Crippen LogP contribution in [-0.4, -0.2) is 14.8 Å². The van der Waals surface area contributed by atoms with E-state index in [1.54, 1.807) is 11.0 Å². The quantitative estimate of drug-likeness (QED) is 0.777. The SMILES string of the molecule is Cc1cc(COc2ncn(-c3ccccc3)n2)oc1CN. The first kappa shape index (κ1) is 13.4. The van der Waals surface area contributed by atoms with Crippen molar-refractivity contribution >= 4 is 0 Å². The van der Waals surface area contributed by atoms with E-state index in [1.807, 2.05) is 43.3 Å². The highest BCUT2D eigenvalue weighted by atomic mass is 16.5. The van der Waals surface area contributed by atoms with Gasteiger partial charge >= 0.3 is 6.01 Å². The summed E-state index contributed by atoms with van der Waals surface area (Å²) in [6.07, 6.45) is 1.61. The fraction of sp³-hybridized carbons (Fsp3) is 0.200. The number of para-hydroxylation sites is 1. The van der Waals surface area contributed by atoms with Crippen LogP contribution in [0.2, 0.25) is 0 Å². The number of nitrogens with two attached hydrogens (primary N) is 1. The Kier molecular flexibility index (Phi) is 3.70. The summed E-state index contributed by atoms with van der Waals surface area (Å²) in [5.41, 5.74) is 7.53. The van der Waals surface area contributed by atoms with Gasteiger partial charge in [-0.05, 0) is 30.7 Å². The van der Waals surface area contributed by atoms with Gasteiger partial charge in [-0.25, -0.2) is 4.68 Å². The summed E-state index contributed by atoms with van der Waals surface area (Å²) in [4.78, 5) is 4.12. The molecule has 2 heterocycles. The topological polar surface area (TPSA) is 79.1 Å². The molecular weight excluding hydrogens is 268 g/mol. The van der Waals surface area contributed by atoms with Gasteiger partial charge in [0.2, 0.25) is 0 Å². The van der Waals surface area contributed by atoms with Crippen LogP contribution in [-0.2, 0) is 13.2 Å². The monoisotopic (exact) mass is 284 g/mol. The van der Waals surface area contributed by atoms with Gasteiger partial charge < -0.3 is 14.9 Å². The Labute approximate surface area is 122 Å². The highest BCUT2D eigenvalue weighted by molar-refractivity contribution is 5.29. The average molecular weight is 284 g/mol. The summed E-state index contributed by atoms with van der Waals surface area (Å²) in [7, 11) is 0. The average Bonchev–Trinajstić information content (AvgIpc) is 3.12. The van der Waals surface area contributed by atoms with E-state index in [0.29, 0.717) is 18.3 Å². The van der Waals surface area contributed by atoms with Crippen LogP contribution in [0.4, 0.5) is 0 Å². The highest BCUT2D eigenvalue weighted by Gasteiger charge is 2.09. The maximum Gasteiger partial charge on any atom is 0.336 e. The molecule has 0 amide bonds. The zero-order valence-corrected chi connectivity index (χ0v) is 11.7. The minimum atomic E-state index is 0.277. The first-order valence-electron chi connectivity index (χ1n) is 6.64. The molecule has 21 heavy (non-hydrogen) atoms. The van der Waals surface area contributed by atoms with Crippen LogP contribution in [0.3, 0.4) is 0 Å². The molecule has 2 aromatic heterocycles. The normalized spacial score (nSPS) is 10.8. The standard InChI is InChI=1S/C15H16N4O2/c1-11-7-13(21-14(11)8-16)9-20-15-17-10-19(18-15)12-5-3-2-4-6-12/h2-7,10H,8-9,16H2,1H3. The maximum atomic E-state index is 5.58. The van der Waals surface area contributed by atoms with E-state index in [-0.39, 0.29) is 6.61 Å². The van der Waals surface area contributed by atoms with Gasteiger partial charge in [0.25, 0.3) is 0 Å². The third kappa shape index (κ3) is 2.95. The van der Waals surface area contributed by atoms with E-state index in [0.717, 1.165) is 17.0 Å². The molecule has 0 radical (unpaired) electrons. The van der Waals surface area contributed by atoms with Gasteiger partial charge in [-0.2, -0.15) is 4.98 Å². The molecule has 0 bridgehead atoms. The molecule has 0 spiro atoms. The summed E-state index contributed by atoms with van der Waals surface area (Å²) in [6.45, 7) is 2.62. The minimum Gasteiger partial charge on any atom is -0.461 e. The molecule has 0 fully saturated rings. The summed E-state index contributed by atoms with van der Waals surface area (Å²) in [6, 6.07) is 11.9. The lowest BCUT2D eigenvalue weighted by atomic mass is 10.3. The second kappa shape index (κ2) is 5.80. The molecule has 0 aliphatic heterocycles. The van der Waals surface area contributed by atoms with Crippen molar-refractivity contribution in [2.24, 2.45) is 5.73 Å². The predicted octanol–water partition coefficient (Wildman–Crippen LogP) is 2.21. The Bertz CT molecular complexity index is 718. The fourth-order valence-electron chi connectivity index (χ4n) is 2.02. The third-order valence-electron chi connectivity index (χ3n) is 3.09. The molecule has 6 heteroatoms. The van der Waals surface area contributed by atoms with Gasteiger partial charge in [-0.15, -0.1) is 5.10 Å². The van der Waals surface area contributed by atoms with Crippen molar-refractivity contribution in [3.05, 3.63) is 59.8 Å². The molecule has 0 saturated carbocycles. The number of hydrogen-bond donors (Lipinski definition) is 1. The summed E-state index contributed by atoms with van der Waals surface area (Å²) >= 11 is 0. The van der Waals surface area contributed by atoms with Gasteiger partial charge in [-0.3, -0.25) is 0 Å². The molecule has 2 N–H and O–H groups in total. The van der Waals surface area contributed by atoms with Gasteiger partial charge in [-0.1, -0.05) is 18.2 Å². The Hall–Kier alpha value is -2.60. The van der Waals surface area contributed by atoms with E-state index >= 15 is 0 Å². The van der Waals surface area contributed by atoms with Crippen molar-refractivity contribution in [3.63, 3.8) is 0 Å². The molecule has 0 aliphatic carbocycles. The van der Waals surface area contributed by atoms with Crippen molar-refractivity contribution < 1.29 is 9.15 Å². The van der Waals surface area contributed by atoms with Gasteiger partial charge in [0.05, 0.1) is 12.2 Å². The van der Waals surface area contributed by atoms with E-state index in [9.17, 15) is 0 Å². The molecule has 1 aromatic carbocycles. The third-order valence-corrected chi connectivity index (χ3v) is 3.09. The number of aromatic nitrogens is 3. The fourth-order valence-corrected chi connectivity index (χ4v) is 2.02. The van der Waals surface area contributed by atoms with Gasteiger partial charge in [0, 0.05) is 0 Å². The molecule has 3 aromatic rings. The smallest absolute Gasteiger partial charge is 0.336 e. The molecule has 0 unspecified atom stereocenters. The zero-order valence-electron chi connectivity index (χ0n) is 11.7. The highest BCUT2D eigenvalue weighted by Crippen LogP contribution is 2.16. The molecule has 3 rings (SSSR count). The number of hydrogen-bond acceptors (Lipinski definition) is 5. The van der Waals surface area contributed by atoms with Crippen LogP contribution in [0.25, 0.3) is 5.69 Å². The first-order chi connectivity index (χ1) is 10.3. The van der Waals surface area contributed by atoms with E-state index in [2.05, 4.69) is 10.1 Å². The first-order valence-corrected chi connectivity index (χ1v) is 6.64. The molecule has 0 saturated heterocycles. The zero-order chi connectivity index (χ0) is 14.7. The maximum absolute atomic E-state index is 5.58. The number of rotatable bonds is 5. The second-order valence-corrected chi connectivity index (χ2v) is 4.62. The number of ether oxygens (including phenoxy) is 1. The number of benzene rings is 1. The van der Waals surface area contributed by atoms with Crippen LogP contribution in [0, 0.1) is 6.92 Å². The molecule has 0 aliphatic rings. The molecular formula is C15H16N4O2. The summed E-state index contributed by atoms with van der Waals surface area (Å²) in [5.74, 6) is 1.49. The van der Waals surface area contributed by atoms with Gasteiger partial charge in [0.15, 0.2) is 0 Å². The van der Waals surface area contributed by atoms with Crippen LogP contribution < -0.4 is 10.5 Å². The van der Waals surface area contributed by atoms with E-state index in [4.69, 9.17) is 14.9 Å². The Morgan fingerprint density at radius 2 is 2.10 bits per heavy atom.